The lowest BCUT2D eigenvalue weighted by Crippen LogP contribution is -2.35. The largest absolute Gasteiger partial charge is 0.317 e. The van der Waals surface area contributed by atoms with Gasteiger partial charge in [0.25, 0.3) is 0 Å². The van der Waals surface area contributed by atoms with E-state index in [9.17, 15) is 8.42 Å². The Kier molecular flexibility index (Phi) is 7.95. The van der Waals surface area contributed by atoms with Gasteiger partial charge in [0.2, 0.25) is 0 Å². The van der Waals surface area contributed by atoms with Crippen molar-refractivity contribution in [2.24, 2.45) is 0 Å². The standard InChI is InChI=1S/C14H30N2O2S/c1-16(14-8-4-3-5-9-14)12-6-10-15-11-7-13-19(2,17)18/h14-15H,3-13H2,1-2H3. The summed E-state index contributed by atoms with van der Waals surface area (Å²) in [6.45, 7) is 2.94. The molecule has 0 bridgehead atoms. The minimum atomic E-state index is -2.79. The number of hydrogen-bond acceptors (Lipinski definition) is 4. The Morgan fingerprint density at radius 1 is 1.11 bits per heavy atom. The summed E-state index contributed by atoms with van der Waals surface area (Å²) in [5.41, 5.74) is 0. The van der Waals surface area contributed by atoms with E-state index in [1.165, 1.54) is 38.4 Å². The summed E-state index contributed by atoms with van der Waals surface area (Å²) < 4.78 is 21.9. The fourth-order valence-corrected chi connectivity index (χ4v) is 3.41. The minimum Gasteiger partial charge on any atom is -0.317 e. The zero-order valence-corrected chi connectivity index (χ0v) is 13.3. The van der Waals surface area contributed by atoms with Gasteiger partial charge in [0.15, 0.2) is 0 Å². The summed E-state index contributed by atoms with van der Waals surface area (Å²) in [4.78, 5) is 2.50. The molecule has 0 aromatic heterocycles. The molecular formula is C14H30N2O2S. The van der Waals surface area contributed by atoms with Crippen molar-refractivity contribution in [1.29, 1.82) is 0 Å². The van der Waals surface area contributed by atoms with Gasteiger partial charge in [-0.3, -0.25) is 0 Å². The Labute approximate surface area is 118 Å². The molecule has 0 saturated heterocycles. The quantitative estimate of drug-likeness (QED) is 0.656. The van der Waals surface area contributed by atoms with E-state index in [0.29, 0.717) is 5.75 Å². The molecule has 0 aromatic carbocycles. The van der Waals surface area contributed by atoms with Gasteiger partial charge in [-0.05, 0) is 52.4 Å². The first-order valence-corrected chi connectivity index (χ1v) is 9.64. The predicted molar refractivity (Wildman–Crippen MR) is 81.3 cm³/mol. The fraction of sp³-hybridized carbons (Fsp3) is 1.00. The second kappa shape index (κ2) is 8.93. The summed E-state index contributed by atoms with van der Waals surface area (Å²) in [6.07, 6.45) is 10.1. The molecule has 114 valence electrons. The molecule has 1 rings (SSSR count). The van der Waals surface area contributed by atoms with Crippen LogP contribution in [0.5, 0.6) is 0 Å². The molecule has 19 heavy (non-hydrogen) atoms. The molecule has 0 amide bonds. The fourth-order valence-electron chi connectivity index (χ4n) is 2.74. The number of hydrogen-bond donors (Lipinski definition) is 1. The average molecular weight is 290 g/mol. The Morgan fingerprint density at radius 2 is 1.74 bits per heavy atom. The normalized spacial score (nSPS) is 18.1. The number of rotatable bonds is 9. The molecule has 1 aliphatic carbocycles. The van der Waals surface area contributed by atoms with Crippen LogP contribution in [0, 0.1) is 0 Å². The van der Waals surface area contributed by atoms with Crippen LogP contribution >= 0.6 is 0 Å². The highest BCUT2D eigenvalue weighted by Gasteiger charge is 2.16. The highest BCUT2D eigenvalue weighted by molar-refractivity contribution is 7.90. The van der Waals surface area contributed by atoms with Crippen LogP contribution in [-0.2, 0) is 9.84 Å². The highest BCUT2D eigenvalue weighted by Crippen LogP contribution is 2.21. The number of nitrogens with one attached hydrogen (secondary N) is 1. The lowest BCUT2D eigenvalue weighted by Gasteiger charge is -2.31. The third-order valence-electron chi connectivity index (χ3n) is 3.93. The zero-order valence-electron chi connectivity index (χ0n) is 12.5. The van der Waals surface area contributed by atoms with Gasteiger partial charge >= 0.3 is 0 Å². The smallest absolute Gasteiger partial charge is 0.147 e. The van der Waals surface area contributed by atoms with E-state index in [0.717, 1.165) is 38.5 Å². The third kappa shape index (κ3) is 8.60. The zero-order chi connectivity index (χ0) is 14.1. The van der Waals surface area contributed by atoms with Crippen LogP contribution in [0.4, 0.5) is 0 Å². The van der Waals surface area contributed by atoms with E-state index < -0.39 is 9.84 Å². The molecule has 1 N–H and O–H groups in total. The SMILES string of the molecule is CN(CCCNCCCS(C)(=O)=O)C1CCCCC1. The van der Waals surface area contributed by atoms with Crippen LogP contribution in [0.2, 0.25) is 0 Å². The van der Waals surface area contributed by atoms with Crippen molar-refractivity contribution in [3.8, 4) is 0 Å². The highest BCUT2D eigenvalue weighted by atomic mass is 32.2. The molecule has 0 aromatic rings. The lowest BCUT2D eigenvalue weighted by atomic mass is 9.94. The maximum absolute atomic E-state index is 11.0. The maximum atomic E-state index is 11.0. The summed E-state index contributed by atoms with van der Waals surface area (Å²) in [5, 5.41) is 3.33. The summed E-state index contributed by atoms with van der Waals surface area (Å²) in [5.74, 6) is 0.294. The van der Waals surface area contributed by atoms with Crippen LogP contribution in [0.3, 0.4) is 0 Å². The molecule has 0 radical (unpaired) electrons. The molecule has 0 unspecified atom stereocenters. The molecule has 1 aliphatic rings. The van der Waals surface area contributed by atoms with Crippen LogP contribution in [0.15, 0.2) is 0 Å². The molecule has 5 heteroatoms. The molecule has 4 nitrogen and oxygen atoms in total. The van der Waals surface area contributed by atoms with Crippen molar-refractivity contribution in [1.82, 2.24) is 10.2 Å². The Hall–Kier alpha value is -0.130. The van der Waals surface area contributed by atoms with Crippen molar-refractivity contribution < 1.29 is 8.42 Å². The van der Waals surface area contributed by atoms with Gasteiger partial charge in [-0.15, -0.1) is 0 Å². The van der Waals surface area contributed by atoms with Gasteiger partial charge in [-0.25, -0.2) is 8.42 Å². The first kappa shape index (κ1) is 16.9. The first-order valence-electron chi connectivity index (χ1n) is 7.58. The van der Waals surface area contributed by atoms with Gasteiger partial charge in [-0.2, -0.15) is 0 Å². The molecule has 0 atom stereocenters. The van der Waals surface area contributed by atoms with Gasteiger partial charge < -0.3 is 10.2 Å². The molecular weight excluding hydrogens is 260 g/mol. The van der Waals surface area contributed by atoms with Crippen LogP contribution < -0.4 is 5.32 Å². The topological polar surface area (TPSA) is 49.4 Å². The Bertz CT molecular complexity index is 324. The second-order valence-electron chi connectivity index (χ2n) is 5.86. The van der Waals surface area contributed by atoms with Gasteiger partial charge in [0.05, 0.1) is 5.75 Å². The van der Waals surface area contributed by atoms with Crippen molar-refractivity contribution in [3.63, 3.8) is 0 Å². The summed E-state index contributed by atoms with van der Waals surface area (Å²) >= 11 is 0. The molecule has 1 saturated carbocycles. The monoisotopic (exact) mass is 290 g/mol. The summed E-state index contributed by atoms with van der Waals surface area (Å²) in [7, 11) is -0.557. The van der Waals surface area contributed by atoms with Gasteiger partial charge in [0.1, 0.15) is 9.84 Å². The molecule has 1 fully saturated rings. The van der Waals surface area contributed by atoms with Gasteiger partial charge in [0, 0.05) is 12.3 Å². The number of nitrogens with zero attached hydrogens (tertiary/aromatic N) is 1. The number of sulfone groups is 1. The Morgan fingerprint density at radius 3 is 2.37 bits per heavy atom. The lowest BCUT2D eigenvalue weighted by molar-refractivity contribution is 0.189. The van der Waals surface area contributed by atoms with E-state index in [-0.39, 0.29) is 0 Å². The van der Waals surface area contributed by atoms with E-state index in [4.69, 9.17) is 0 Å². The summed E-state index contributed by atoms with van der Waals surface area (Å²) in [6, 6.07) is 0.791. The van der Waals surface area contributed by atoms with E-state index >= 15 is 0 Å². The average Bonchev–Trinajstić information content (AvgIpc) is 2.37. The molecule has 0 heterocycles. The predicted octanol–water partition coefficient (Wildman–Crippen LogP) is 1.67. The van der Waals surface area contributed by atoms with E-state index in [1.54, 1.807) is 0 Å². The first-order chi connectivity index (χ1) is 8.99. The van der Waals surface area contributed by atoms with Crippen LogP contribution in [0.25, 0.3) is 0 Å². The molecule has 0 aliphatic heterocycles. The van der Waals surface area contributed by atoms with Crippen molar-refractivity contribution in [3.05, 3.63) is 0 Å². The maximum Gasteiger partial charge on any atom is 0.147 e. The second-order valence-corrected chi connectivity index (χ2v) is 8.12. The van der Waals surface area contributed by atoms with Crippen molar-refractivity contribution in [2.75, 3.05) is 38.7 Å². The Balaban J connectivity index is 1.95. The van der Waals surface area contributed by atoms with E-state index in [1.807, 2.05) is 0 Å². The van der Waals surface area contributed by atoms with Crippen LogP contribution in [-0.4, -0.2) is 58.1 Å². The van der Waals surface area contributed by atoms with E-state index in [2.05, 4.69) is 17.3 Å². The third-order valence-corrected chi connectivity index (χ3v) is 4.96. The minimum absolute atomic E-state index is 0.294. The molecule has 0 spiro atoms. The van der Waals surface area contributed by atoms with Crippen molar-refractivity contribution >= 4 is 9.84 Å². The van der Waals surface area contributed by atoms with Gasteiger partial charge in [-0.1, -0.05) is 19.3 Å². The van der Waals surface area contributed by atoms with Crippen LogP contribution in [0.1, 0.15) is 44.9 Å². The van der Waals surface area contributed by atoms with Crippen molar-refractivity contribution in [2.45, 2.75) is 51.0 Å².